The highest BCUT2D eigenvalue weighted by molar-refractivity contribution is 6.16. The monoisotopic (exact) mass is 355 g/mol. The number of esters is 1. The van der Waals surface area contributed by atoms with Gasteiger partial charge >= 0.3 is 5.97 Å². The summed E-state index contributed by atoms with van der Waals surface area (Å²) in [4.78, 5) is 17.4. The number of phenolic OH excluding ortho intramolecular Hbond substituents is 1. The second-order valence-corrected chi connectivity index (χ2v) is 5.42. The summed E-state index contributed by atoms with van der Waals surface area (Å²) in [5.74, 6) is -0.339. The number of phenols is 1. The molecule has 136 valence electrons. The van der Waals surface area contributed by atoms with Crippen molar-refractivity contribution in [3.05, 3.63) is 71.5 Å². The highest BCUT2D eigenvalue weighted by atomic mass is 16.6. The Morgan fingerprint density at radius 2 is 1.92 bits per heavy atom. The van der Waals surface area contributed by atoms with Gasteiger partial charge in [-0.25, -0.2) is 4.79 Å². The molecule has 0 atom stereocenters. The lowest BCUT2D eigenvalue weighted by atomic mass is 10.0. The number of hydrogen-bond acceptors (Lipinski definition) is 6. The van der Waals surface area contributed by atoms with Gasteiger partial charge < -0.3 is 19.4 Å². The van der Waals surface area contributed by atoms with E-state index in [-0.39, 0.29) is 12.4 Å². The molecular formula is C20H21NO5. The third-order valence-corrected chi connectivity index (χ3v) is 3.63. The van der Waals surface area contributed by atoms with Crippen LogP contribution in [-0.4, -0.2) is 31.0 Å². The number of carbonyl (C=O) groups is 1. The smallest absolute Gasteiger partial charge is 0.341 e. The minimum atomic E-state index is -0.501. The van der Waals surface area contributed by atoms with E-state index in [0.717, 1.165) is 11.1 Å². The van der Waals surface area contributed by atoms with Crippen LogP contribution in [0.5, 0.6) is 5.75 Å². The van der Waals surface area contributed by atoms with Gasteiger partial charge in [0.05, 0.1) is 26.2 Å². The summed E-state index contributed by atoms with van der Waals surface area (Å²) < 4.78 is 9.80. The summed E-state index contributed by atoms with van der Waals surface area (Å²) in [7, 11) is 2.78. The van der Waals surface area contributed by atoms with Crippen molar-refractivity contribution in [1.29, 1.82) is 0 Å². The summed E-state index contributed by atoms with van der Waals surface area (Å²) in [5, 5.41) is 13.6. The fraction of sp³-hybridized carbons (Fsp3) is 0.200. The zero-order valence-corrected chi connectivity index (χ0v) is 14.9. The number of oxime groups is 1. The van der Waals surface area contributed by atoms with Gasteiger partial charge in [0, 0.05) is 11.1 Å². The van der Waals surface area contributed by atoms with Crippen LogP contribution in [0.2, 0.25) is 0 Å². The van der Waals surface area contributed by atoms with Crippen LogP contribution in [0, 0.1) is 0 Å². The topological polar surface area (TPSA) is 77.4 Å². The molecule has 6 nitrogen and oxygen atoms in total. The quantitative estimate of drug-likeness (QED) is 0.270. The summed E-state index contributed by atoms with van der Waals surface area (Å²) in [6, 6.07) is 14.0. The lowest BCUT2D eigenvalue weighted by Crippen LogP contribution is -2.07. The minimum absolute atomic E-state index is 0.157. The molecule has 0 aliphatic carbocycles. The first-order chi connectivity index (χ1) is 12.6. The van der Waals surface area contributed by atoms with Gasteiger partial charge in [-0.1, -0.05) is 41.6 Å². The average Bonchev–Trinajstić information content (AvgIpc) is 2.66. The molecule has 2 aromatic rings. The molecule has 2 rings (SSSR count). The van der Waals surface area contributed by atoms with E-state index in [0.29, 0.717) is 16.8 Å². The van der Waals surface area contributed by atoms with E-state index in [1.165, 1.54) is 20.5 Å². The molecule has 0 amide bonds. The number of rotatable bonds is 7. The molecule has 0 radical (unpaired) electrons. The van der Waals surface area contributed by atoms with Crippen molar-refractivity contribution in [3.8, 4) is 5.75 Å². The molecule has 2 aromatic carbocycles. The third kappa shape index (κ3) is 4.86. The van der Waals surface area contributed by atoms with Crippen molar-refractivity contribution in [2.24, 2.45) is 5.16 Å². The summed E-state index contributed by atoms with van der Waals surface area (Å²) in [6.45, 7) is 1.94. The lowest BCUT2D eigenvalue weighted by Gasteiger charge is -2.11. The van der Waals surface area contributed by atoms with Crippen molar-refractivity contribution in [3.63, 3.8) is 0 Å². The van der Waals surface area contributed by atoms with Crippen LogP contribution in [0.4, 0.5) is 0 Å². The Balaban J connectivity index is 2.19. The zero-order chi connectivity index (χ0) is 18.9. The summed E-state index contributed by atoms with van der Waals surface area (Å²) >= 11 is 0. The van der Waals surface area contributed by atoms with Gasteiger partial charge in [-0.05, 0) is 24.6 Å². The molecule has 0 spiro atoms. The van der Waals surface area contributed by atoms with Gasteiger partial charge in [-0.3, -0.25) is 0 Å². The Kier molecular flexibility index (Phi) is 6.79. The fourth-order valence-electron chi connectivity index (χ4n) is 2.34. The van der Waals surface area contributed by atoms with Crippen LogP contribution in [-0.2, 0) is 25.7 Å². The molecule has 0 unspecified atom stereocenters. The van der Waals surface area contributed by atoms with Crippen molar-refractivity contribution in [2.45, 2.75) is 13.5 Å². The highest BCUT2D eigenvalue weighted by Gasteiger charge is 2.16. The first-order valence-corrected chi connectivity index (χ1v) is 7.92. The van der Waals surface area contributed by atoms with Crippen LogP contribution in [0.25, 0.3) is 5.57 Å². The summed E-state index contributed by atoms with van der Waals surface area (Å²) in [5.41, 5.74) is 3.08. The third-order valence-electron chi connectivity index (χ3n) is 3.63. The number of methoxy groups -OCH3 is 2. The van der Waals surface area contributed by atoms with E-state index in [2.05, 4.69) is 5.16 Å². The molecule has 0 saturated carbocycles. The van der Waals surface area contributed by atoms with Crippen LogP contribution in [0.15, 0.2) is 59.9 Å². The highest BCUT2D eigenvalue weighted by Crippen LogP contribution is 2.22. The van der Waals surface area contributed by atoms with E-state index in [9.17, 15) is 9.90 Å². The second-order valence-electron chi connectivity index (χ2n) is 5.42. The van der Waals surface area contributed by atoms with Crippen LogP contribution < -0.4 is 0 Å². The molecule has 0 heterocycles. The summed E-state index contributed by atoms with van der Waals surface area (Å²) in [6.07, 6.45) is 1.34. The van der Waals surface area contributed by atoms with Crippen molar-refractivity contribution in [2.75, 3.05) is 14.2 Å². The van der Waals surface area contributed by atoms with E-state index in [1.807, 2.05) is 24.3 Å². The van der Waals surface area contributed by atoms with E-state index in [1.54, 1.807) is 31.2 Å². The Morgan fingerprint density at radius 1 is 1.15 bits per heavy atom. The van der Waals surface area contributed by atoms with Gasteiger partial charge in [0.2, 0.25) is 0 Å². The van der Waals surface area contributed by atoms with E-state index in [4.69, 9.17) is 14.3 Å². The second kappa shape index (κ2) is 9.27. The van der Waals surface area contributed by atoms with Gasteiger partial charge in [-0.2, -0.15) is 0 Å². The molecule has 0 bridgehead atoms. The van der Waals surface area contributed by atoms with Crippen molar-refractivity contribution >= 4 is 17.3 Å². The largest absolute Gasteiger partial charge is 0.508 e. The fourth-order valence-corrected chi connectivity index (χ4v) is 2.34. The standard InChI is InChI=1S/C20H21NO5/c1-14(15-8-6-9-17(22)11-15)21-26-12-16-7-4-5-10-18(16)19(13-24-2)20(23)25-3/h4-11,13,22H,12H2,1-3H3/b19-13+,21-14?. The Hall–Kier alpha value is -3.28. The first kappa shape index (κ1) is 19.1. The molecular weight excluding hydrogens is 334 g/mol. The number of benzene rings is 2. The molecule has 1 N–H and O–H groups in total. The molecule has 0 aliphatic rings. The maximum atomic E-state index is 12.0. The van der Waals surface area contributed by atoms with Crippen LogP contribution >= 0.6 is 0 Å². The average molecular weight is 355 g/mol. The number of aromatic hydroxyl groups is 1. The number of ether oxygens (including phenoxy) is 2. The first-order valence-electron chi connectivity index (χ1n) is 7.92. The van der Waals surface area contributed by atoms with E-state index >= 15 is 0 Å². The van der Waals surface area contributed by atoms with Crippen LogP contribution in [0.1, 0.15) is 23.6 Å². The Bertz CT molecular complexity index is 826. The predicted octanol–water partition coefficient (Wildman–Crippen LogP) is 3.49. The van der Waals surface area contributed by atoms with Crippen molar-refractivity contribution < 1.29 is 24.2 Å². The maximum Gasteiger partial charge on any atom is 0.341 e. The minimum Gasteiger partial charge on any atom is -0.508 e. The molecule has 0 aromatic heterocycles. The normalized spacial score (nSPS) is 11.8. The van der Waals surface area contributed by atoms with Crippen LogP contribution in [0.3, 0.4) is 0 Å². The predicted molar refractivity (Wildman–Crippen MR) is 98.6 cm³/mol. The molecule has 0 fully saturated rings. The molecule has 0 saturated heterocycles. The maximum absolute atomic E-state index is 12.0. The van der Waals surface area contributed by atoms with Crippen molar-refractivity contribution in [1.82, 2.24) is 0 Å². The van der Waals surface area contributed by atoms with Gasteiger partial charge in [0.25, 0.3) is 0 Å². The number of nitrogens with zero attached hydrogens (tertiary/aromatic N) is 1. The molecule has 26 heavy (non-hydrogen) atoms. The Labute approximate surface area is 152 Å². The lowest BCUT2D eigenvalue weighted by molar-refractivity contribution is -0.133. The Morgan fingerprint density at radius 3 is 2.62 bits per heavy atom. The number of carbonyl (C=O) groups excluding carboxylic acids is 1. The zero-order valence-electron chi connectivity index (χ0n) is 14.9. The SMILES string of the molecule is CO/C=C(/C(=O)OC)c1ccccc1CON=C(C)c1cccc(O)c1. The van der Waals surface area contributed by atoms with Gasteiger partial charge in [0.15, 0.2) is 0 Å². The molecule has 6 heteroatoms. The molecule has 0 aliphatic heterocycles. The van der Waals surface area contributed by atoms with Gasteiger partial charge in [-0.15, -0.1) is 0 Å². The van der Waals surface area contributed by atoms with E-state index < -0.39 is 5.97 Å². The van der Waals surface area contributed by atoms with Gasteiger partial charge in [0.1, 0.15) is 17.9 Å². The number of hydrogen-bond donors (Lipinski definition) is 1.